The number of hydrogen-bond acceptors (Lipinski definition) is 8. The van der Waals surface area contributed by atoms with E-state index in [4.69, 9.17) is 19.3 Å². The Balaban J connectivity index is 1.31. The number of rotatable bonds is 7. The number of aliphatic hydroxyl groups excluding tert-OH is 4. The number of hydrogen-bond donors (Lipinski definition) is 4. The Morgan fingerprint density at radius 3 is 2.64 bits per heavy atom. The first-order valence-corrected chi connectivity index (χ1v) is 13.1. The van der Waals surface area contributed by atoms with Crippen molar-refractivity contribution in [1.29, 1.82) is 0 Å². The summed E-state index contributed by atoms with van der Waals surface area (Å²) < 4.78 is 17.7. The van der Waals surface area contributed by atoms with Gasteiger partial charge in [0, 0.05) is 47.6 Å². The fraction of sp³-hybridized carbons (Fsp3) is 0.433. The first kappa shape index (κ1) is 27.2. The number of allylic oxidation sites excluding steroid dienone is 6. The second-order valence-electron chi connectivity index (χ2n) is 10.9. The van der Waals surface area contributed by atoms with Gasteiger partial charge in [0.25, 0.3) is 0 Å². The number of amides is 1. The van der Waals surface area contributed by atoms with Crippen LogP contribution < -0.4 is 4.90 Å². The molecule has 5 rings (SSSR count). The largest absolute Gasteiger partial charge is 0.491 e. The highest BCUT2D eigenvalue weighted by atomic mass is 16.6. The Morgan fingerprint density at radius 1 is 1.18 bits per heavy atom. The van der Waals surface area contributed by atoms with Gasteiger partial charge in [0.1, 0.15) is 41.9 Å². The van der Waals surface area contributed by atoms with Gasteiger partial charge in [-0.25, -0.2) is 4.79 Å². The average Bonchev–Trinajstić information content (AvgIpc) is 3.34. The molecule has 0 saturated heterocycles. The van der Waals surface area contributed by atoms with Gasteiger partial charge in [-0.1, -0.05) is 38.1 Å². The van der Waals surface area contributed by atoms with Gasteiger partial charge in [0.05, 0.1) is 12.7 Å². The minimum absolute atomic E-state index is 0.144. The van der Waals surface area contributed by atoms with Gasteiger partial charge in [-0.2, -0.15) is 0 Å². The monoisotopic (exact) mass is 537 g/mol. The van der Waals surface area contributed by atoms with E-state index >= 15 is 0 Å². The highest BCUT2D eigenvalue weighted by Crippen LogP contribution is 2.58. The summed E-state index contributed by atoms with van der Waals surface area (Å²) in [5.74, 6) is 1.76. The zero-order chi connectivity index (χ0) is 27.9. The van der Waals surface area contributed by atoms with Crippen molar-refractivity contribution in [2.45, 2.75) is 38.6 Å². The van der Waals surface area contributed by atoms with Crippen LogP contribution >= 0.6 is 0 Å². The molecule has 9 heteroatoms. The number of aliphatic hydroxyl groups is 4. The van der Waals surface area contributed by atoms with E-state index in [1.165, 1.54) is 4.90 Å². The fourth-order valence-electron chi connectivity index (χ4n) is 5.74. The number of para-hydroxylation sites is 1. The highest BCUT2D eigenvalue weighted by Gasteiger charge is 2.54. The molecular weight excluding hydrogens is 502 g/mol. The molecule has 0 fully saturated rings. The molecule has 0 aromatic heterocycles. The molecule has 9 nitrogen and oxygen atoms in total. The van der Waals surface area contributed by atoms with Crippen LogP contribution in [-0.4, -0.2) is 65.1 Å². The number of carbonyl (C=O) groups is 1. The van der Waals surface area contributed by atoms with Crippen molar-refractivity contribution in [3.63, 3.8) is 0 Å². The molecule has 3 aliphatic carbocycles. The van der Waals surface area contributed by atoms with Crippen LogP contribution in [0.1, 0.15) is 20.3 Å². The number of anilines is 1. The lowest BCUT2D eigenvalue weighted by Crippen LogP contribution is -2.44. The maximum absolute atomic E-state index is 12.7. The molecule has 4 unspecified atom stereocenters. The number of carbonyl (C=O) groups excluding carboxylic acids is 1. The quantitative estimate of drug-likeness (QED) is 0.418. The lowest BCUT2D eigenvalue weighted by atomic mass is 9.60. The van der Waals surface area contributed by atoms with Crippen LogP contribution in [0.5, 0.6) is 0 Å². The predicted octanol–water partition coefficient (Wildman–Crippen LogP) is 3.15. The van der Waals surface area contributed by atoms with Crippen molar-refractivity contribution in [3.05, 3.63) is 89.3 Å². The van der Waals surface area contributed by atoms with Crippen molar-refractivity contribution in [1.82, 2.24) is 0 Å². The molecule has 1 aliphatic heterocycles. The number of benzene rings is 1. The zero-order valence-corrected chi connectivity index (χ0v) is 22.2. The fourth-order valence-corrected chi connectivity index (χ4v) is 5.74. The van der Waals surface area contributed by atoms with E-state index in [9.17, 15) is 20.1 Å². The molecule has 0 radical (unpaired) electrons. The van der Waals surface area contributed by atoms with Gasteiger partial charge in [0.15, 0.2) is 0 Å². The zero-order valence-electron chi connectivity index (χ0n) is 22.2. The molecular formula is C30H35NO8. The first-order valence-electron chi connectivity index (χ1n) is 13.1. The normalized spacial score (nSPS) is 28.0. The third kappa shape index (κ3) is 5.03. The molecule has 39 heavy (non-hydrogen) atoms. The summed E-state index contributed by atoms with van der Waals surface area (Å²) in [4.78, 5) is 14.2. The molecule has 4 aliphatic rings. The maximum Gasteiger partial charge on any atom is 0.419 e. The van der Waals surface area contributed by atoms with Crippen LogP contribution in [0.15, 0.2) is 89.3 Å². The Bertz CT molecular complexity index is 1260. The second kappa shape index (κ2) is 10.7. The van der Waals surface area contributed by atoms with Crippen molar-refractivity contribution in [2.75, 3.05) is 25.2 Å². The second-order valence-corrected chi connectivity index (χ2v) is 10.9. The molecule has 1 aromatic rings. The predicted molar refractivity (Wildman–Crippen MR) is 143 cm³/mol. The maximum atomic E-state index is 12.7. The van der Waals surface area contributed by atoms with E-state index in [2.05, 4.69) is 13.8 Å². The number of ether oxygens (including phenoxy) is 3. The Morgan fingerprint density at radius 2 is 1.92 bits per heavy atom. The third-order valence-corrected chi connectivity index (χ3v) is 8.06. The van der Waals surface area contributed by atoms with Gasteiger partial charge < -0.3 is 34.6 Å². The van der Waals surface area contributed by atoms with Crippen LogP contribution in [0.25, 0.3) is 0 Å². The smallest absolute Gasteiger partial charge is 0.419 e. The lowest BCUT2D eigenvalue weighted by Gasteiger charge is -2.45. The topological polar surface area (TPSA) is 129 Å². The molecule has 1 aromatic carbocycles. The molecule has 208 valence electrons. The van der Waals surface area contributed by atoms with Crippen LogP contribution in [-0.2, 0) is 14.2 Å². The van der Waals surface area contributed by atoms with Crippen LogP contribution in [0, 0.1) is 23.2 Å². The first-order chi connectivity index (χ1) is 18.6. The summed E-state index contributed by atoms with van der Waals surface area (Å²) in [6, 6.07) is 9.23. The van der Waals surface area contributed by atoms with Gasteiger partial charge in [-0.05, 0) is 36.8 Å². The molecule has 0 saturated carbocycles. The Hall–Kier alpha value is -3.37. The van der Waals surface area contributed by atoms with Crippen LogP contribution in [0.3, 0.4) is 0 Å². The summed E-state index contributed by atoms with van der Waals surface area (Å²) in [7, 11) is 1.65. The standard InChI is InChI=1S/C30H35NO8/c1-30(2)22-13-18(37-16-24(34)23(33)15-32)9-11-20(22)27(35)26-21-12-10-19(14-25(21)39-28(26)30)38-29(36)31(3)17-7-5-4-6-8-17/h4-11,13-14,20-24,27,32-35H,12,15-16H2,1-3H3/t20?,21?,22-,23?,24?,27+/m0/s1. The van der Waals surface area contributed by atoms with Gasteiger partial charge in [0.2, 0.25) is 0 Å². The highest BCUT2D eigenvalue weighted by molar-refractivity contribution is 5.87. The van der Waals surface area contributed by atoms with E-state index < -0.39 is 36.4 Å². The van der Waals surface area contributed by atoms with Gasteiger partial charge >= 0.3 is 6.09 Å². The van der Waals surface area contributed by atoms with Crippen molar-refractivity contribution in [2.24, 2.45) is 23.2 Å². The third-order valence-electron chi connectivity index (χ3n) is 8.06. The number of fused-ring (bicyclic) bond motifs is 3. The Labute approximate surface area is 227 Å². The summed E-state index contributed by atoms with van der Waals surface area (Å²) in [6.07, 6.45) is 5.91. The minimum Gasteiger partial charge on any atom is -0.491 e. The summed E-state index contributed by atoms with van der Waals surface area (Å²) >= 11 is 0. The van der Waals surface area contributed by atoms with E-state index in [1.54, 1.807) is 19.2 Å². The molecule has 1 heterocycles. The van der Waals surface area contributed by atoms with Crippen molar-refractivity contribution >= 4 is 11.8 Å². The van der Waals surface area contributed by atoms with Crippen LogP contribution in [0.2, 0.25) is 0 Å². The molecule has 0 bridgehead atoms. The molecule has 1 amide bonds. The Kier molecular flexibility index (Phi) is 7.43. The molecule has 6 atom stereocenters. The van der Waals surface area contributed by atoms with Crippen molar-refractivity contribution in [3.8, 4) is 0 Å². The van der Waals surface area contributed by atoms with Gasteiger partial charge in [-0.15, -0.1) is 0 Å². The molecule has 4 N–H and O–H groups in total. The lowest BCUT2D eigenvalue weighted by molar-refractivity contribution is -0.0449. The summed E-state index contributed by atoms with van der Waals surface area (Å²) in [5.41, 5.74) is 1.07. The van der Waals surface area contributed by atoms with E-state index in [0.717, 1.165) is 11.3 Å². The van der Waals surface area contributed by atoms with E-state index in [-0.39, 0.29) is 24.4 Å². The van der Waals surface area contributed by atoms with Crippen LogP contribution in [0.4, 0.5) is 10.5 Å². The van der Waals surface area contributed by atoms with E-state index in [0.29, 0.717) is 29.5 Å². The molecule has 0 spiro atoms. The number of nitrogens with zero attached hydrogens (tertiary/aromatic N) is 1. The summed E-state index contributed by atoms with van der Waals surface area (Å²) in [5, 5.41) is 40.0. The van der Waals surface area contributed by atoms with Gasteiger partial charge in [-0.3, -0.25) is 4.90 Å². The summed E-state index contributed by atoms with van der Waals surface area (Å²) in [6.45, 7) is 3.38. The minimum atomic E-state index is -1.29. The average molecular weight is 538 g/mol. The SMILES string of the molecule is CN(C(=O)OC1=CCC2C(=C1)OC1=C2[C@H](O)C2C=CC(OCC(O)C(O)CO)=C[C@@H]2C1(C)C)c1ccccc1. The van der Waals surface area contributed by atoms with E-state index in [1.807, 2.05) is 48.6 Å². The van der Waals surface area contributed by atoms with Crippen molar-refractivity contribution < 1.29 is 39.4 Å².